The fraction of sp³-hybridized carbons (Fsp3) is 0.214. The average Bonchev–Trinajstić information content (AvgIpc) is 3.01. The van der Waals surface area contributed by atoms with Gasteiger partial charge in [0.2, 0.25) is 0 Å². The van der Waals surface area contributed by atoms with Crippen LogP contribution in [0.3, 0.4) is 0 Å². The molecule has 1 heterocycles. The van der Waals surface area contributed by atoms with Gasteiger partial charge in [0, 0.05) is 22.2 Å². The number of para-hydroxylation sites is 1. The summed E-state index contributed by atoms with van der Waals surface area (Å²) in [7, 11) is -0.418. The Bertz CT molecular complexity index is 1250. The van der Waals surface area contributed by atoms with Crippen LogP contribution in [0.4, 0.5) is 11.4 Å². The molecule has 4 heteroatoms. The second-order valence-electron chi connectivity index (χ2n) is 9.37. The van der Waals surface area contributed by atoms with Crippen molar-refractivity contribution >= 4 is 34.7 Å². The van der Waals surface area contributed by atoms with Crippen LogP contribution in [-0.4, -0.2) is 18.3 Å². The Morgan fingerprint density at radius 2 is 1.19 bits per heavy atom. The lowest BCUT2D eigenvalue weighted by atomic mass is 9.77. The number of hydrogen-bond donors (Lipinski definition) is 1. The van der Waals surface area contributed by atoms with Gasteiger partial charge in [-0.3, -0.25) is 0 Å². The predicted octanol–water partition coefficient (Wildman–Crippen LogP) is 6.55. The first-order chi connectivity index (χ1) is 15.4. The van der Waals surface area contributed by atoms with Crippen LogP contribution in [0.25, 0.3) is 21.9 Å². The quantitative estimate of drug-likeness (QED) is 0.379. The zero-order chi connectivity index (χ0) is 22.3. The summed E-state index contributed by atoms with van der Waals surface area (Å²) in [6, 6.07) is 31.6. The highest BCUT2D eigenvalue weighted by Crippen LogP contribution is 2.38. The predicted molar refractivity (Wildman–Crippen MR) is 135 cm³/mol. The lowest BCUT2D eigenvalue weighted by molar-refractivity contribution is 0.00578. The van der Waals surface area contributed by atoms with E-state index in [4.69, 9.17) is 9.31 Å². The van der Waals surface area contributed by atoms with Crippen molar-refractivity contribution in [3.63, 3.8) is 0 Å². The highest BCUT2D eigenvalue weighted by molar-refractivity contribution is 6.64. The monoisotopic (exact) mass is 421 g/mol. The Morgan fingerprint density at radius 1 is 0.594 bits per heavy atom. The topological polar surface area (TPSA) is 30.5 Å². The zero-order valence-corrected chi connectivity index (χ0v) is 19.1. The summed E-state index contributed by atoms with van der Waals surface area (Å²) < 4.78 is 12.7. The molecular weight excluding hydrogens is 393 g/mol. The van der Waals surface area contributed by atoms with E-state index < -0.39 is 7.12 Å². The minimum atomic E-state index is -0.418. The highest BCUT2D eigenvalue weighted by atomic mass is 16.7. The highest BCUT2D eigenvalue weighted by Gasteiger charge is 2.52. The van der Waals surface area contributed by atoms with E-state index >= 15 is 0 Å². The number of benzene rings is 4. The van der Waals surface area contributed by atoms with Crippen LogP contribution in [0.1, 0.15) is 27.7 Å². The van der Waals surface area contributed by atoms with Crippen LogP contribution >= 0.6 is 0 Å². The molecule has 0 amide bonds. The summed E-state index contributed by atoms with van der Waals surface area (Å²) in [5.74, 6) is 0. The first-order valence-electron chi connectivity index (χ1n) is 11.1. The molecule has 0 saturated carbocycles. The van der Waals surface area contributed by atoms with Gasteiger partial charge >= 0.3 is 7.12 Å². The average molecular weight is 421 g/mol. The summed E-state index contributed by atoms with van der Waals surface area (Å²) in [5.41, 5.74) is 4.73. The van der Waals surface area contributed by atoms with Gasteiger partial charge < -0.3 is 14.6 Å². The number of fused-ring (bicyclic) bond motifs is 1. The Labute approximate surface area is 190 Å². The molecular formula is C28H28BNO2. The number of nitrogens with one attached hydrogen (secondary N) is 1. The van der Waals surface area contributed by atoms with Gasteiger partial charge in [-0.1, -0.05) is 78.9 Å². The fourth-order valence-corrected chi connectivity index (χ4v) is 4.21. The van der Waals surface area contributed by atoms with Crippen molar-refractivity contribution in [3.8, 4) is 11.1 Å². The van der Waals surface area contributed by atoms with E-state index in [0.29, 0.717) is 0 Å². The minimum Gasteiger partial charge on any atom is -0.399 e. The van der Waals surface area contributed by atoms with E-state index in [9.17, 15) is 0 Å². The van der Waals surface area contributed by atoms with E-state index in [1.807, 2.05) is 18.2 Å². The van der Waals surface area contributed by atoms with Crippen molar-refractivity contribution in [2.24, 2.45) is 0 Å². The molecule has 0 spiro atoms. The normalized spacial score (nSPS) is 16.9. The van der Waals surface area contributed by atoms with Crippen LogP contribution in [0.2, 0.25) is 0 Å². The third-order valence-corrected chi connectivity index (χ3v) is 6.75. The van der Waals surface area contributed by atoms with E-state index in [2.05, 4.69) is 106 Å². The molecule has 0 aromatic heterocycles. The number of rotatable bonds is 4. The lowest BCUT2D eigenvalue weighted by Gasteiger charge is -2.32. The van der Waals surface area contributed by atoms with Crippen molar-refractivity contribution in [2.75, 3.05) is 5.32 Å². The molecule has 5 rings (SSSR count). The van der Waals surface area contributed by atoms with Crippen molar-refractivity contribution in [1.82, 2.24) is 0 Å². The molecule has 32 heavy (non-hydrogen) atoms. The maximum Gasteiger partial charge on any atom is 0.496 e. The standard InChI is InChI=1S/C28H28BNO2/c1-27(2)28(3,4)32-29(31-27)24-16-10-11-17-26(24)30-25-19-18-21(20-12-6-5-7-13-20)22-14-8-9-15-23(22)25/h5-19,30H,1-4H3. The van der Waals surface area contributed by atoms with E-state index in [-0.39, 0.29) is 11.2 Å². The molecule has 0 atom stereocenters. The minimum absolute atomic E-state index is 0.380. The summed E-state index contributed by atoms with van der Waals surface area (Å²) in [4.78, 5) is 0. The smallest absolute Gasteiger partial charge is 0.399 e. The molecule has 3 nitrogen and oxygen atoms in total. The largest absolute Gasteiger partial charge is 0.496 e. The molecule has 0 aliphatic carbocycles. The van der Waals surface area contributed by atoms with Crippen LogP contribution in [0.15, 0.2) is 91.0 Å². The molecule has 0 radical (unpaired) electrons. The summed E-state index contributed by atoms with van der Waals surface area (Å²) in [6.07, 6.45) is 0. The van der Waals surface area contributed by atoms with Crippen LogP contribution in [0, 0.1) is 0 Å². The molecule has 4 aromatic rings. The summed E-state index contributed by atoms with van der Waals surface area (Å²) in [5, 5.41) is 6.06. The lowest BCUT2D eigenvalue weighted by Crippen LogP contribution is -2.41. The van der Waals surface area contributed by atoms with E-state index in [0.717, 1.165) is 16.8 Å². The zero-order valence-electron chi connectivity index (χ0n) is 19.1. The number of anilines is 2. The third-order valence-electron chi connectivity index (χ3n) is 6.75. The molecule has 0 unspecified atom stereocenters. The molecule has 1 saturated heterocycles. The SMILES string of the molecule is CC1(C)OB(c2ccccc2Nc2ccc(-c3ccccc3)c3ccccc23)OC1(C)C. The molecule has 160 valence electrons. The van der Waals surface area contributed by atoms with Gasteiger partial charge in [0.25, 0.3) is 0 Å². The Morgan fingerprint density at radius 3 is 1.91 bits per heavy atom. The molecule has 1 N–H and O–H groups in total. The Balaban J connectivity index is 1.55. The van der Waals surface area contributed by atoms with Gasteiger partial charge in [0.05, 0.1) is 11.2 Å². The van der Waals surface area contributed by atoms with Crippen LogP contribution in [0.5, 0.6) is 0 Å². The van der Waals surface area contributed by atoms with Crippen molar-refractivity contribution in [2.45, 2.75) is 38.9 Å². The van der Waals surface area contributed by atoms with E-state index in [1.165, 1.54) is 21.9 Å². The van der Waals surface area contributed by atoms with Gasteiger partial charge in [0.15, 0.2) is 0 Å². The fourth-order valence-electron chi connectivity index (χ4n) is 4.21. The maximum absolute atomic E-state index is 6.33. The van der Waals surface area contributed by atoms with Gasteiger partial charge in [0.1, 0.15) is 0 Å². The van der Waals surface area contributed by atoms with Gasteiger partial charge in [-0.2, -0.15) is 0 Å². The Kier molecular flexibility index (Phi) is 5.08. The van der Waals surface area contributed by atoms with Crippen LogP contribution < -0.4 is 10.8 Å². The second kappa shape index (κ2) is 7.81. The number of hydrogen-bond acceptors (Lipinski definition) is 3. The molecule has 4 aromatic carbocycles. The van der Waals surface area contributed by atoms with Gasteiger partial charge in [-0.25, -0.2) is 0 Å². The van der Waals surface area contributed by atoms with E-state index in [1.54, 1.807) is 0 Å². The molecule has 1 aliphatic heterocycles. The van der Waals surface area contributed by atoms with Gasteiger partial charge in [-0.05, 0) is 56.3 Å². The Hall–Kier alpha value is -3.08. The van der Waals surface area contributed by atoms with Crippen molar-refractivity contribution in [1.29, 1.82) is 0 Å². The third kappa shape index (κ3) is 3.60. The first kappa shape index (κ1) is 20.8. The summed E-state index contributed by atoms with van der Waals surface area (Å²) in [6.45, 7) is 8.33. The van der Waals surface area contributed by atoms with Crippen molar-refractivity contribution in [3.05, 3.63) is 91.0 Å². The molecule has 1 aliphatic rings. The molecule has 0 bridgehead atoms. The molecule has 1 fully saturated rings. The van der Waals surface area contributed by atoms with Crippen LogP contribution in [-0.2, 0) is 9.31 Å². The first-order valence-corrected chi connectivity index (χ1v) is 11.1. The van der Waals surface area contributed by atoms with Crippen molar-refractivity contribution < 1.29 is 9.31 Å². The van der Waals surface area contributed by atoms with Gasteiger partial charge in [-0.15, -0.1) is 0 Å². The second-order valence-corrected chi connectivity index (χ2v) is 9.37. The summed E-state index contributed by atoms with van der Waals surface area (Å²) >= 11 is 0. The maximum atomic E-state index is 6.33.